The maximum Gasteiger partial charge on any atom is 0.302 e. The van der Waals surface area contributed by atoms with Crippen molar-refractivity contribution in [1.82, 2.24) is 0 Å². The molecule has 0 aromatic heterocycles. The third-order valence-corrected chi connectivity index (χ3v) is 9.05. The van der Waals surface area contributed by atoms with Crippen LogP contribution in [0, 0.1) is 51.8 Å². The zero-order valence-electron chi connectivity index (χ0n) is 17.7. The highest BCUT2D eigenvalue weighted by atomic mass is 16.5. The van der Waals surface area contributed by atoms with Crippen LogP contribution >= 0.6 is 0 Å². The summed E-state index contributed by atoms with van der Waals surface area (Å²) in [6.07, 6.45) is 9.46. The molecule has 4 aliphatic rings. The first kappa shape index (κ1) is 19.7. The van der Waals surface area contributed by atoms with Gasteiger partial charge >= 0.3 is 5.97 Å². The molecule has 8 atom stereocenters. The minimum Gasteiger partial charge on any atom is -0.462 e. The quantitative estimate of drug-likeness (QED) is 0.506. The van der Waals surface area contributed by atoms with Crippen LogP contribution in [0.25, 0.3) is 0 Å². The fourth-order valence-electron chi connectivity index (χ4n) is 7.88. The average molecular weight is 384 g/mol. The van der Waals surface area contributed by atoms with Gasteiger partial charge in [-0.2, -0.15) is 5.26 Å². The van der Waals surface area contributed by atoms with E-state index in [1.165, 1.54) is 12.5 Å². The van der Waals surface area contributed by atoms with Crippen LogP contribution in [0.15, 0.2) is 11.6 Å². The van der Waals surface area contributed by atoms with Gasteiger partial charge in [-0.25, -0.2) is 0 Å². The first-order chi connectivity index (χ1) is 13.2. The molecule has 3 fully saturated rings. The molecule has 3 saturated carbocycles. The summed E-state index contributed by atoms with van der Waals surface area (Å²) < 4.78 is 5.52. The average Bonchev–Trinajstić information content (AvgIpc) is 2.94. The molecule has 0 saturated heterocycles. The number of ketones is 1. The Morgan fingerprint density at radius 3 is 2.57 bits per heavy atom. The van der Waals surface area contributed by atoms with Crippen molar-refractivity contribution in [2.45, 2.75) is 78.7 Å². The first-order valence-corrected chi connectivity index (χ1v) is 11.0. The molecule has 4 heteroatoms. The Hall–Kier alpha value is -1.63. The number of ether oxygens (including phenoxy) is 1. The largest absolute Gasteiger partial charge is 0.462 e. The number of nitrogens with zero attached hydrogens (tertiary/aromatic N) is 1. The zero-order chi connectivity index (χ0) is 20.3. The first-order valence-electron chi connectivity index (χ1n) is 11.0. The van der Waals surface area contributed by atoms with Crippen LogP contribution in [0.4, 0.5) is 0 Å². The lowest BCUT2D eigenvalue weighted by atomic mass is 9.47. The molecule has 0 aliphatic heterocycles. The van der Waals surface area contributed by atoms with Crippen LogP contribution in [-0.2, 0) is 14.3 Å². The summed E-state index contributed by atoms with van der Waals surface area (Å²) >= 11 is 0. The number of carbonyl (C=O) groups excluding carboxylic acids is 2. The topological polar surface area (TPSA) is 67.2 Å². The van der Waals surface area contributed by atoms with Crippen LogP contribution in [0.3, 0.4) is 0 Å². The number of rotatable bonds is 2. The van der Waals surface area contributed by atoms with Gasteiger partial charge in [-0.1, -0.05) is 25.5 Å². The third-order valence-electron chi connectivity index (χ3n) is 9.05. The summed E-state index contributed by atoms with van der Waals surface area (Å²) in [5.41, 5.74) is 1.63. The maximum absolute atomic E-state index is 12.4. The number of fused-ring (bicyclic) bond motifs is 5. The van der Waals surface area contributed by atoms with Gasteiger partial charge in [0, 0.05) is 19.3 Å². The van der Waals surface area contributed by atoms with Crippen LogP contribution in [0.2, 0.25) is 0 Å². The number of hydrogen-bond acceptors (Lipinski definition) is 4. The highest BCUT2D eigenvalue weighted by molar-refractivity contribution is 5.80. The number of allylic oxidation sites excluding steroid dienone is 1. The van der Waals surface area contributed by atoms with Gasteiger partial charge < -0.3 is 4.74 Å². The second-order valence-corrected chi connectivity index (χ2v) is 10.3. The van der Waals surface area contributed by atoms with Crippen molar-refractivity contribution in [3.63, 3.8) is 0 Å². The van der Waals surface area contributed by atoms with Crippen molar-refractivity contribution in [2.24, 2.45) is 40.4 Å². The normalized spacial score (nSPS) is 47.0. The summed E-state index contributed by atoms with van der Waals surface area (Å²) in [7, 11) is 0. The maximum atomic E-state index is 12.4. The molecule has 4 nitrogen and oxygen atoms in total. The number of esters is 1. The smallest absolute Gasteiger partial charge is 0.302 e. The van der Waals surface area contributed by atoms with Crippen LogP contribution in [0.1, 0.15) is 72.6 Å². The standard InChI is InChI=1S/C24H33NO3/c1-14(26)22-16(13-25)11-21-19-6-5-17-12-18(28-15(2)27)7-9-23(17,3)20(19)8-10-24(21,22)4/h5,16,18-22H,6-12H2,1-4H3/t16?,18?,19-,20+,21+,22+,23+,24+/m1/s1. The molecule has 0 aromatic carbocycles. The van der Waals surface area contributed by atoms with Crippen molar-refractivity contribution in [3.8, 4) is 6.07 Å². The predicted molar refractivity (Wildman–Crippen MR) is 106 cm³/mol. The van der Waals surface area contributed by atoms with E-state index in [1.807, 2.05) is 0 Å². The molecule has 0 bridgehead atoms. The Labute approximate surface area is 168 Å². The summed E-state index contributed by atoms with van der Waals surface area (Å²) in [6, 6.07) is 2.48. The van der Waals surface area contributed by atoms with Gasteiger partial charge in [-0.3, -0.25) is 9.59 Å². The molecule has 28 heavy (non-hydrogen) atoms. The Kier molecular flexibility index (Phi) is 4.72. The van der Waals surface area contributed by atoms with Crippen LogP contribution < -0.4 is 0 Å². The van der Waals surface area contributed by atoms with E-state index in [4.69, 9.17) is 4.74 Å². The van der Waals surface area contributed by atoms with Crippen molar-refractivity contribution in [1.29, 1.82) is 5.26 Å². The van der Waals surface area contributed by atoms with Crippen molar-refractivity contribution >= 4 is 11.8 Å². The van der Waals surface area contributed by atoms with Gasteiger partial charge in [0.1, 0.15) is 11.9 Å². The minimum absolute atomic E-state index is 0.0238. The highest BCUT2D eigenvalue weighted by Crippen LogP contribution is 2.67. The fourth-order valence-corrected chi connectivity index (χ4v) is 7.88. The third kappa shape index (κ3) is 2.77. The van der Waals surface area contributed by atoms with Crippen LogP contribution in [-0.4, -0.2) is 17.9 Å². The number of hydrogen-bond donors (Lipinski definition) is 0. The lowest BCUT2D eigenvalue weighted by molar-refractivity contribution is -0.149. The molecular formula is C24H33NO3. The van der Waals surface area contributed by atoms with E-state index >= 15 is 0 Å². The Bertz CT molecular complexity index is 764. The van der Waals surface area contributed by atoms with E-state index in [1.54, 1.807) is 6.92 Å². The second-order valence-electron chi connectivity index (χ2n) is 10.3. The Morgan fingerprint density at radius 1 is 1.18 bits per heavy atom. The fraction of sp³-hybridized carbons (Fsp3) is 0.792. The predicted octanol–water partition coefficient (Wildman–Crippen LogP) is 4.84. The van der Waals surface area contributed by atoms with Crippen LogP contribution in [0.5, 0.6) is 0 Å². The molecule has 0 amide bonds. The second kappa shape index (κ2) is 6.71. The van der Waals surface area contributed by atoms with Gasteiger partial charge in [-0.15, -0.1) is 0 Å². The van der Waals surface area contributed by atoms with E-state index < -0.39 is 0 Å². The molecule has 0 radical (unpaired) electrons. The molecule has 152 valence electrons. The monoisotopic (exact) mass is 383 g/mol. The highest BCUT2D eigenvalue weighted by Gasteiger charge is 2.62. The molecular weight excluding hydrogens is 350 g/mol. The van der Waals surface area contributed by atoms with Gasteiger partial charge in [0.15, 0.2) is 0 Å². The summed E-state index contributed by atoms with van der Waals surface area (Å²) in [5.74, 6) is 1.46. The molecule has 0 N–H and O–H groups in total. The summed E-state index contributed by atoms with van der Waals surface area (Å²) in [6.45, 7) is 7.89. The number of carbonyl (C=O) groups is 2. The molecule has 0 spiro atoms. The molecule has 0 heterocycles. The zero-order valence-corrected chi connectivity index (χ0v) is 17.7. The SMILES string of the molecule is CC(=O)OC1CC[C@@]2(C)C(=CC[C@H]3[C@@H]4CC(C#N)[C@H](C(C)=O)[C@@]4(C)CC[C@@H]32)C1. The Morgan fingerprint density at radius 2 is 1.93 bits per heavy atom. The van der Waals surface area contributed by atoms with E-state index in [9.17, 15) is 14.9 Å². The molecule has 4 rings (SSSR count). The lowest BCUT2D eigenvalue weighted by Crippen LogP contribution is -2.51. The molecule has 2 unspecified atom stereocenters. The van der Waals surface area contributed by atoms with Gasteiger partial charge in [0.25, 0.3) is 0 Å². The van der Waals surface area contributed by atoms with Gasteiger partial charge in [0.05, 0.1) is 12.0 Å². The van der Waals surface area contributed by atoms with Crippen molar-refractivity contribution in [2.75, 3.05) is 0 Å². The summed E-state index contributed by atoms with van der Waals surface area (Å²) in [5, 5.41) is 9.73. The Balaban J connectivity index is 1.62. The van der Waals surface area contributed by atoms with Crippen molar-refractivity contribution < 1.29 is 14.3 Å². The van der Waals surface area contributed by atoms with Gasteiger partial charge in [-0.05, 0) is 74.0 Å². The van der Waals surface area contributed by atoms with Crippen molar-refractivity contribution in [3.05, 3.63) is 11.6 Å². The number of Topliss-reactive ketones (excluding diaryl/α,β-unsaturated/α-hetero) is 1. The minimum atomic E-state index is -0.180. The van der Waals surface area contributed by atoms with E-state index in [-0.39, 0.29) is 40.5 Å². The summed E-state index contributed by atoms with van der Waals surface area (Å²) in [4.78, 5) is 23.8. The number of nitriles is 1. The van der Waals surface area contributed by atoms with Gasteiger partial charge in [0.2, 0.25) is 0 Å². The van der Waals surface area contributed by atoms with E-state index in [0.29, 0.717) is 17.8 Å². The molecule has 0 aromatic rings. The van der Waals surface area contributed by atoms with E-state index in [0.717, 1.165) is 44.9 Å². The molecule has 4 aliphatic carbocycles. The van der Waals surface area contributed by atoms with E-state index in [2.05, 4.69) is 26.0 Å². The lowest BCUT2D eigenvalue weighted by Gasteiger charge is -2.57.